The Morgan fingerprint density at radius 3 is 0.900 bits per heavy atom. The number of aromatic nitrogens is 4. The summed E-state index contributed by atoms with van der Waals surface area (Å²) < 4.78 is 7.22. The molecule has 0 aliphatic rings. The first-order valence-electron chi connectivity index (χ1n) is 24.0. The van der Waals surface area contributed by atoms with E-state index in [1.807, 2.05) is 0 Å². The highest BCUT2D eigenvalue weighted by atomic mass is 28.3. The molecule has 14 rings (SSSR count). The first kappa shape index (κ1) is 40.1. The van der Waals surface area contributed by atoms with Gasteiger partial charge in [0.2, 0.25) is 0 Å². The second-order valence-electron chi connectivity index (χ2n) is 18.3. The van der Waals surface area contributed by atoms with Crippen molar-refractivity contribution >= 4 is 94.2 Å². The summed E-state index contributed by atoms with van der Waals surface area (Å²) in [6.45, 7) is 0. The Kier molecular flexibility index (Phi) is 9.19. The number of nitrogens with zero attached hydrogens (tertiary/aromatic N) is 4. The molecule has 4 heterocycles. The fourth-order valence-corrected chi connectivity index (χ4v) is 16.4. The van der Waals surface area contributed by atoms with Gasteiger partial charge in [-0.05, 0) is 80.9 Å². The molecule has 0 saturated heterocycles. The normalized spacial score (nSPS) is 12.0. The number of hydrogen-bond donors (Lipinski definition) is 0. The van der Waals surface area contributed by atoms with Crippen LogP contribution in [0, 0.1) is 0 Å². The molecule has 5 heteroatoms. The summed E-state index contributed by atoms with van der Waals surface area (Å²) in [7, 11) is -2.99. The van der Waals surface area contributed by atoms with Gasteiger partial charge in [-0.25, -0.2) is 4.98 Å². The van der Waals surface area contributed by atoms with Crippen LogP contribution in [0.5, 0.6) is 0 Å². The van der Waals surface area contributed by atoms with E-state index in [4.69, 9.17) is 4.98 Å². The number of benzene rings is 10. The van der Waals surface area contributed by atoms with Gasteiger partial charge in [-0.2, -0.15) is 0 Å². The second kappa shape index (κ2) is 16.1. The largest absolute Gasteiger partial charge is 0.309 e. The molecule has 4 aromatic heterocycles. The molecule has 0 radical (unpaired) electrons. The van der Waals surface area contributed by atoms with E-state index in [2.05, 4.69) is 281 Å². The molecule has 14 aromatic rings. The second-order valence-corrected chi connectivity index (χ2v) is 22.1. The Morgan fingerprint density at radius 1 is 0.257 bits per heavy atom. The lowest BCUT2D eigenvalue weighted by Gasteiger charge is -2.35. The number of hydrogen-bond acceptors (Lipinski definition) is 1. The van der Waals surface area contributed by atoms with Crippen molar-refractivity contribution in [2.24, 2.45) is 0 Å². The smallest absolute Gasteiger partial charge is 0.179 e. The first-order chi connectivity index (χ1) is 34.8. The summed E-state index contributed by atoms with van der Waals surface area (Å²) in [5, 5.41) is 12.5. The summed E-state index contributed by atoms with van der Waals surface area (Å²) in [6.07, 6.45) is 0. The lowest BCUT2D eigenvalue weighted by atomic mass is 10.0. The van der Waals surface area contributed by atoms with E-state index in [0.717, 1.165) is 61.6 Å². The minimum Gasteiger partial charge on any atom is -0.309 e. The topological polar surface area (TPSA) is 27.7 Å². The molecular weight excluding hydrogens is 865 g/mol. The van der Waals surface area contributed by atoms with Crippen molar-refractivity contribution < 1.29 is 0 Å². The van der Waals surface area contributed by atoms with Crippen molar-refractivity contribution in [1.29, 1.82) is 0 Å². The van der Waals surface area contributed by atoms with Crippen molar-refractivity contribution in [3.8, 4) is 28.5 Å². The minimum atomic E-state index is -2.99. The quantitative estimate of drug-likeness (QED) is 0.110. The van der Waals surface area contributed by atoms with Gasteiger partial charge >= 0.3 is 0 Å². The number of pyridine rings is 1. The maximum Gasteiger partial charge on any atom is 0.179 e. The zero-order valence-electron chi connectivity index (χ0n) is 38.2. The zero-order valence-corrected chi connectivity index (χ0v) is 39.2. The molecule has 0 aliphatic heterocycles. The van der Waals surface area contributed by atoms with Crippen LogP contribution in [0.15, 0.2) is 267 Å². The van der Waals surface area contributed by atoms with Crippen LogP contribution in [0.4, 0.5) is 0 Å². The average molecular weight is 909 g/mol. The van der Waals surface area contributed by atoms with E-state index < -0.39 is 8.07 Å². The molecule has 328 valence electrons. The molecule has 0 bridgehead atoms. The molecule has 4 nitrogen and oxygen atoms in total. The third-order valence-electron chi connectivity index (χ3n) is 14.6. The Balaban J connectivity index is 1.16. The molecule has 0 fully saturated rings. The third kappa shape index (κ3) is 5.98. The highest BCUT2D eigenvalue weighted by Crippen LogP contribution is 2.40. The standard InChI is InChI=1S/C65H44N4Si/c1-4-22-46(23-5-1)70(47-24-6-2-7-25-47,48-26-8-3-9-27-48)49-40-41-63(67-57-34-16-10-28-50(57)51-29-11-17-35-58(51)67)56(44-49)45-42-64(68-59-36-18-12-30-52(59)53-31-13-19-37-60(53)68)66-65(43-45)69-61-38-20-14-32-54(61)55-33-15-21-39-62(55)69/h1-44H. The highest BCUT2D eigenvalue weighted by Gasteiger charge is 2.42. The maximum absolute atomic E-state index is 5.78. The van der Waals surface area contributed by atoms with Crippen molar-refractivity contribution in [3.63, 3.8) is 0 Å². The number of rotatable bonds is 8. The number of para-hydroxylation sites is 6. The molecule has 10 aromatic carbocycles. The molecule has 0 N–H and O–H groups in total. The zero-order chi connectivity index (χ0) is 46.2. The van der Waals surface area contributed by atoms with Crippen molar-refractivity contribution in [2.75, 3.05) is 0 Å². The fraction of sp³-hybridized carbons (Fsp3) is 0. The van der Waals surface area contributed by atoms with E-state index in [1.165, 1.54) is 53.1 Å². The molecular formula is C65H44N4Si. The van der Waals surface area contributed by atoms with Gasteiger partial charge in [-0.3, -0.25) is 9.13 Å². The molecule has 0 unspecified atom stereocenters. The maximum atomic E-state index is 5.78. The van der Waals surface area contributed by atoms with E-state index in [0.29, 0.717) is 0 Å². The Labute approximate surface area is 406 Å². The number of fused-ring (bicyclic) bond motifs is 9. The highest BCUT2D eigenvalue weighted by molar-refractivity contribution is 7.20. The first-order valence-corrected chi connectivity index (χ1v) is 26.0. The Hall–Kier alpha value is -9.03. The van der Waals surface area contributed by atoms with Gasteiger partial charge < -0.3 is 4.57 Å². The summed E-state index contributed by atoms with van der Waals surface area (Å²) in [6, 6.07) is 98.4. The van der Waals surface area contributed by atoms with Gasteiger partial charge in [0.25, 0.3) is 0 Å². The summed E-state index contributed by atoms with van der Waals surface area (Å²) in [5.41, 5.74) is 10.1. The third-order valence-corrected chi connectivity index (χ3v) is 19.4. The van der Waals surface area contributed by atoms with E-state index in [9.17, 15) is 0 Å². The predicted octanol–water partition coefficient (Wildman–Crippen LogP) is 13.4. The SMILES string of the molecule is c1ccc([Si](c2ccccc2)(c2ccccc2)c2ccc(-n3c4ccccc4c4ccccc43)c(-c3cc(-n4c5ccccc5c5ccccc54)nc(-n4c5ccccc5c5ccccc54)c3)c2)cc1. The van der Waals surface area contributed by atoms with E-state index >= 15 is 0 Å². The van der Waals surface area contributed by atoms with Crippen LogP contribution in [-0.4, -0.2) is 26.8 Å². The summed E-state index contributed by atoms with van der Waals surface area (Å²) in [5.74, 6) is 1.70. The van der Waals surface area contributed by atoms with Crippen molar-refractivity contribution in [1.82, 2.24) is 18.7 Å². The van der Waals surface area contributed by atoms with Crippen LogP contribution >= 0.6 is 0 Å². The van der Waals surface area contributed by atoms with Gasteiger partial charge in [-0.1, -0.05) is 212 Å². The van der Waals surface area contributed by atoms with Crippen LogP contribution in [0.25, 0.3) is 93.9 Å². The van der Waals surface area contributed by atoms with Crippen LogP contribution in [0.3, 0.4) is 0 Å². The van der Waals surface area contributed by atoms with Crippen LogP contribution < -0.4 is 20.7 Å². The van der Waals surface area contributed by atoms with E-state index in [-0.39, 0.29) is 0 Å². The van der Waals surface area contributed by atoms with Crippen LogP contribution in [-0.2, 0) is 0 Å². The molecule has 0 amide bonds. The van der Waals surface area contributed by atoms with Crippen molar-refractivity contribution in [2.45, 2.75) is 0 Å². The summed E-state index contributed by atoms with van der Waals surface area (Å²) in [4.78, 5) is 5.78. The van der Waals surface area contributed by atoms with E-state index in [1.54, 1.807) is 0 Å². The monoisotopic (exact) mass is 908 g/mol. The van der Waals surface area contributed by atoms with Crippen molar-refractivity contribution in [3.05, 3.63) is 267 Å². The Bertz CT molecular complexity index is 3910. The lowest BCUT2D eigenvalue weighted by Crippen LogP contribution is -2.74. The fourth-order valence-electron chi connectivity index (χ4n) is 11.7. The van der Waals surface area contributed by atoms with Gasteiger partial charge in [0.1, 0.15) is 11.6 Å². The molecule has 0 aliphatic carbocycles. The lowest BCUT2D eigenvalue weighted by molar-refractivity contribution is 1.01. The molecule has 0 saturated carbocycles. The molecule has 70 heavy (non-hydrogen) atoms. The van der Waals surface area contributed by atoms with Gasteiger partial charge in [0.15, 0.2) is 8.07 Å². The van der Waals surface area contributed by atoms with Crippen LogP contribution in [0.1, 0.15) is 0 Å². The average Bonchev–Trinajstić information content (AvgIpc) is 4.08. The van der Waals surface area contributed by atoms with Crippen LogP contribution in [0.2, 0.25) is 0 Å². The predicted molar refractivity (Wildman–Crippen MR) is 296 cm³/mol. The Morgan fingerprint density at radius 2 is 0.557 bits per heavy atom. The molecule has 0 atom stereocenters. The van der Waals surface area contributed by atoms with Gasteiger partial charge in [0, 0.05) is 37.9 Å². The summed E-state index contributed by atoms with van der Waals surface area (Å²) >= 11 is 0. The van der Waals surface area contributed by atoms with Gasteiger partial charge in [0.05, 0.1) is 38.8 Å². The minimum absolute atomic E-state index is 0.850. The van der Waals surface area contributed by atoms with Gasteiger partial charge in [-0.15, -0.1) is 0 Å². The molecule has 0 spiro atoms.